The average molecular weight is 222 g/mol. The second kappa shape index (κ2) is 4.42. The molecule has 2 unspecified atom stereocenters. The Hall–Kier alpha value is -1.09. The summed E-state index contributed by atoms with van der Waals surface area (Å²) < 4.78 is 13.2. The van der Waals surface area contributed by atoms with E-state index < -0.39 is 0 Å². The summed E-state index contributed by atoms with van der Waals surface area (Å²) in [5.74, 6) is -0.145. The molecule has 0 amide bonds. The number of nitrogens with zero attached hydrogens (tertiary/aromatic N) is 1. The number of halogens is 1. The van der Waals surface area contributed by atoms with E-state index in [1.807, 2.05) is 19.2 Å². The Bertz CT molecular complexity index is 378. The van der Waals surface area contributed by atoms with Crippen molar-refractivity contribution in [2.24, 2.45) is 5.73 Å². The largest absolute Gasteiger partial charge is 0.370 e. The first kappa shape index (κ1) is 11.4. The fraction of sp³-hybridized carbons (Fsp3) is 0.538. The number of hydrogen-bond acceptors (Lipinski definition) is 2. The van der Waals surface area contributed by atoms with Crippen LogP contribution in [-0.2, 0) is 0 Å². The third-order valence-electron chi connectivity index (χ3n) is 3.58. The fourth-order valence-electron chi connectivity index (χ4n) is 2.49. The van der Waals surface area contributed by atoms with Gasteiger partial charge in [0.05, 0.1) is 0 Å². The molecule has 1 saturated carbocycles. The highest BCUT2D eigenvalue weighted by molar-refractivity contribution is 5.49. The Labute approximate surface area is 96.2 Å². The molecule has 3 heteroatoms. The van der Waals surface area contributed by atoms with Gasteiger partial charge in [0.1, 0.15) is 5.82 Å². The zero-order chi connectivity index (χ0) is 11.7. The first-order chi connectivity index (χ1) is 7.59. The summed E-state index contributed by atoms with van der Waals surface area (Å²) in [6.45, 7) is 1.79. The smallest absolute Gasteiger partial charge is 0.126 e. The summed E-state index contributed by atoms with van der Waals surface area (Å²) in [5.41, 5.74) is 7.82. The van der Waals surface area contributed by atoms with Crippen molar-refractivity contribution < 1.29 is 4.39 Å². The van der Waals surface area contributed by atoms with Gasteiger partial charge in [0.2, 0.25) is 0 Å². The van der Waals surface area contributed by atoms with Crippen molar-refractivity contribution in [3.05, 3.63) is 29.6 Å². The van der Waals surface area contributed by atoms with E-state index in [1.54, 1.807) is 6.92 Å². The second-order valence-electron chi connectivity index (χ2n) is 4.71. The van der Waals surface area contributed by atoms with Gasteiger partial charge >= 0.3 is 0 Å². The summed E-state index contributed by atoms with van der Waals surface area (Å²) in [6.07, 6.45) is 3.42. The van der Waals surface area contributed by atoms with Crippen LogP contribution in [-0.4, -0.2) is 19.1 Å². The third kappa shape index (κ3) is 2.05. The van der Waals surface area contributed by atoms with Crippen LogP contribution in [0.5, 0.6) is 0 Å². The molecule has 88 valence electrons. The summed E-state index contributed by atoms with van der Waals surface area (Å²) in [6, 6.07) is 5.88. The molecule has 1 aromatic rings. The molecule has 0 spiro atoms. The van der Waals surface area contributed by atoms with E-state index in [2.05, 4.69) is 4.90 Å². The Morgan fingerprint density at radius 1 is 1.38 bits per heavy atom. The minimum absolute atomic E-state index is 0.145. The topological polar surface area (TPSA) is 29.3 Å². The number of benzene rings is 1. The molecule has 2 rings (SSSR count). The molecule has 0 heterocycles. The molecule has 2 N–H and O–H groups in total. The van der Waals surface area contributed by atoms with Crippen LogP contribution in [0.4, 0.5) is 10.1 Å². The van der Waals surface area contributed by atoms with E-state index >= 15 is 0 Å². The zero-order valence-corrected chi connectivity index (χ0v) is 9.91. The number of hydrogen-bond donors (Lipinski definition) is 1. The Balaban J connectivity index is 2.20. The predicted molar refractivity (Wildman–Crippen MR) is 65.2 cm³/mol. The zero-order valence-electron chi connectivity index (χ0n) is 9.91. The monoisotopic (exact) mass is 222 g/mol. The molecular weight excluding hydrogens is 203 g/mol. The molecule has 1 aliphatic rings. The maximum Gasteiger partial charge on any atom is 0.126 e. The van der Waals surface area contributed by atoms with Crippen LogP contribution in [0.3, 0.4) is 0 Å². The highest BCUT2D eigenvalue weighted by atomic mass is 19.1. The van der Waals surface area contributed by atoms with E-state index in [4.69, 9.17) is 5.73 Å². The molecule has 0 aromatic heterocycles. The molecule has 0 radical (unpaired) electrons. The van der Waals surface area contributed by atoms with Crippen molar-refractivity contribution in [1.82, 2.24) is 0 Å². The van der Waals surface area contributed by atoms with Gasteiger partial charge in [-0.1, -0.05) is 0 Å². The molecule has 2 nitrogen and oxygen atoms in total. The summed E-state index contributed by atoms with van der Waals surface area (Å²) in [5, 5.41) is 0. The summed E-state index contributed by atoms with van der Waals surface area (Å²) in [4.78, 5) is 2.18. The van der Waals surface area contributed by atoms with Gasteiger partial charge in [0, 0.05) is 24.8 Å². The Morgan fingerprint density at radius 2 is 2.12 bits per heavy atom. The minimum atomic E-state index is -0.145. The average Bonchev–Trinajstić information content (AvgIpc) is 2.67. The molecule has 16 heavy (non-hydrogen) atoms. The van der Waals surface area contributed by atoms with Gasteiger partial charge in [-0.3, -0.25) is 0 Å². The molecule has 1 fully saturated rings. The second-order valence-corrected chi connectivity index (χ2v) is 4.71. The van der Waals surface area contributed by atoms with E-state index in [0.29, 0.717) is 11.6 Å². The molecule has 1 aromatic carbocycles. The van der Waals surface area contributed by atoms with Crippen LogP contribution >= 0.6 is 0 Å². The number of nitrogens with two attached hydrogens (primary N) is 1. The first-order valence-corrected chi connectivity index (χ1v) is 5.84. The van der Waals surface area contributed by atoms with E-state index in [9.17, 15) is 4.39 Å². The molecule has 1 aliphatic carbocycles. The van der Waals surface area contributed by atoms with E-state index in [-0.39, 0.29) is 11.9 Å². The van der Waals surface area contributed by atoms with Crippen LogP contribution in [0.1, 0.15) is 24.8 Å². The first-order valence-electron chi connectivity index (χ1n) is 5.84. The van der Waals surface area contributed by atoms with Crippen molar-refractivity contribution in [3.63, 3.8) is 0 Å². The lowest BCUT2D eigenvalue weighted by molar-refractivity contribution is 0.571. The van der Waals surface area contributed by atoms with Gasteiger partial charge in [-0.25, -0.2) is 4.39 Å². The van der Waals surface area contributed by atoms with Gasteiger partial charge < -0.3 is 10.6 Å². The van der Waals surface area contributed by atoms with Crippen molar-refractivity contribution in [2.45, 2.75) is 38.3 Å². The highest BCUT2D eigenvalue weighted by Crippen LogP contribution is 2.27. The number of anilines is 1. The van der Waals surface area contributed by atoms with Gasteiger partial charge in [-0.05, 0) is 49.9 Å². The lowest BCUT2D eigenvalue weighted by Crippen LogP contribution is -2.42. The molecule has 0 saturated heterocycles. The van der Waals surface area contributed by atoms with Gasteiger partial charge in [0.15, 0.2) is 0 Å². The van der Waals surface area contributed by atoms with Crippen molar-refractivity contribution in [1.29, 1.82) is 0 Å². The van der Waals surface area contributed by atoms with Crippen LogP contribution in [0.15, 0.2) is 18.2 Å². The minimum Gasteiger partial charge on any atom is -0.370 e. The third-order valence-corrected chi connectivity index (χ3v) is 3.58. The van der Waals surface area contributed by atoms with Crippen LogP contribution in [0, 0.1) is 12.7 Å². The SMILES string of the molecule is Cc1cc(N(C)C2CCCC2N)ccc1F. The predicted octanol–water partition coefficient (Wildman–Crippen LogP) is 2.45. The van der Waals surface area contributed by atoms with Gasteiger partial charge in [0.25, 0.3) is 0 Å². The fourth-order valence-corrected chi connectivity index (χ4v) is 2.49. The molecule has 0 aliphatic heterocycles. The maximum absolute atomic E-state index is 13.2. The normalized spacial score (nSPS) is 24.8. The number of rotatable bonds is 2. The maximum atomic E-state index is 13.2. The standard InChI is InChI=1S/C13H19FN2/c1-9-8-10(6-7-11(9)14)16(2)13-5-3-4-12(13)15/h6-8,12-13H,3-5,15H2,1-2H3. The van der Waals surface area contributed by atoms with Crippen LogP contribution in [0.2, 0.25) is 0 Å². The van der Waals surface area contributed by atoms with Crippen molar-refractivity contribution in [2.75, 3.05) is 11.9 Å². The molecule has 0 bridgehead atoms. The molecule has 2 atom stereocenters. The number of likely N-dealkylation sites (N-methyl/N-ethyl adjacent to an activating group) is 1. The Morgan fingerprint density at radius 3 is 2.69 bits per heavy atom. The van der Waals surface area contributed by atoms with E-state index in [0.717, 1.165) is 18.5 Å². The summed E-state index contributed by atoms with van der Waals surface area (Å²) >= 11 is 0. The Kier molecular flexibility index (Phi) is 3.15. The molecular formula is C13H19FN2. The number of aryl methyl sites for hydroxylation is 1. The lowest BCUT2D eigenvalue weighted by Gasteiger charge is -2.30. The van der Waals surface area contributed by atoms with Gasteiger partial charge in [-0.2, -0.15) is 0 Å². The van der Waals surface area contributed by atoms with Crippen molar-refractivity contribution >= 4 is 5.69 Å². The van der Waals surface area contributed by atoms with Crippen LogP contribution < -0.4 is 10.6 Å². The van der Waals surface area contributed by atoms with E-state index in [1.165, 1.54) is 12.5 Å². The van der Waals surface area contributed by atoms with Crippen molar-refractivity contribution in [3.8, 4) is 0 Å². The highest BCUT2D eigenvalue weighted by Gasteiger charge is 2.27. The lowest BCUT2D eigenvalue weighted by atomic mass is 10.1. The summed E-state index contributed by atoms with van der Waals surface area (Å²) in [7, 11) is 2.04. The van der Waals surface area contributed by atoms with Gasteiger partial charge in [-0.15, -0.1) is 0 Å². The van der Waals surface area contributed by atoms with Crippen LogP contribution in [0.25, 0.3) is 0 Å². The quantitative estimate of drug-likeness (QED) is 0.832.